The molecule has 4 aliphatic carbocycles. The highest BCUT2D eigenvalue weighted by molar-refractivity contribution is 5.94. The molecule has 8 N–H and O–H groups in total. The highest BCUT2D eigenvalue weighted by atomic mass is 16.5. The van der Waals surface area contributed by atoms with Crippen molar-refractivity contribution in [3.8, 4) is 11.5 Å². The van der Waals surface area contributed by atoms with Gasteiger partial charge in [0.15, 0.2) is 0 Å². The fourth-order valence-corrected chi connectivity index (χ4v) is 13.1. The lowest BCUT2D eigenvalue weighted by Gasteiger charge is -2.37. The van der Waals surface area contributed by atoms with E-state index in [4.69, 9.17) is 9.47 Å². The molecule has 424 valence electrons. The monoisotopic (exact) mass is 1070 g/mol. The van der Waals surface area contributed by atoms with E-state index in [1.807, 2.05) is 30.3 Å². The summed E-state index contributed by atoms with van der Waals surface area (Å²) in [5, 5.41) is 40.8. The van der Waals surface area contributed by atoms with Crippen molar-refractivity contribution in [3.63, 3.8) is 0 Å². The first kappa shape index (κ1) is 57.9. The maximum atomic E-state index is 14.4. The molecule has 4 fully saturated rings. The van der Waals surface area contributed by atoms with Gasteiger partial charge in [0, 0.05) is 31.6 Å². The Bertz CT molecular complexity index is 2200. The van der Waals surface area contributed by atoms with E-state index in [1.165, 1.54) is 10.5 Å². The van der Waals surface area contributed by atoms with Crippen molar-refractivity contribution in [2.24, 2.45) is 11.8 Å². The summed E-state index contributed by atoms with van der Waals surface area (Å²) < 4.78 is 12.9. The Hall–Kier alpha value is -5.23. The number of aliphatic hydroxyl groups excluding tert-OH is 2. The third-order valence-corrected chi connectivity index (χ3v) is 17.8. The highest BCUT2D eigenvalue weighted by Crippen LogP contribution is 2.39. The van der Waals surface area contributed by atoms with Crippen LogP contribution in [0.3, 0.4) is 0 Å². The smallest absolute Gasteiger partial charge is 0.246 e. The van der Waals surface area contributed by atoms with E-state index in [0.717, 1.165) is 150 Å². The molecule has 5 amide bonds. The van der Waals surface area contributed by atoms with Gasteiger partial charge in [-0.05, 0) is 158 Å². The molecule has 2 heterocycles. The lowest BCUT2D eigenvalue weighted by atomic mass is 9.83. The number of hydrogen-bond acceptors (Lipinski definition) is 12. The van der Waals surface area contributed by atoms with Crippen LogP contribution in [0.4, 0.5) is 0 Å². The number of amides is 5. The number of nitrogens with zero attached hydrogens (tertiary/aromatic N) is 2. The quantitative estimate of drug-likeness (QED) is 0.0642. The molecule has 17 nitrogen and oxygen atoms in total. The van der Waals surface area contributed by atoms with E-state index in [9.17, 15) is 34.2 Å². The van der Waals surface area contributed by atoms with Gasteiger partial charge < -0.3 is 61.4 Å². The molecule has 17 heteroatoms. The Morgan fingerprint density at radius 1 is 0.597 bits per heavy atom. The number of ether oxygens (including phenoxy) is 2. The summed E-state index contributed by atoms with van der Waals surface area (Å²) in [7, 11) is 3.44. The zero-order valence-corrected chi connectivity index (χ0v) is 46.4. The minimum Gasteiger partial charge on any atom is -0.493 e. The number of rotatable bonds is 23. The van der Waals surface area contributed by atoms with E-state index < -0.39 is 48.5 Å². The number of benzene rings is 2. The summed E-state index contributed by atoms with van der Waals surface area (Å²) in [6.45, 7) is 9.37. The number of nitrogens with one attached hydrogen (secondary N) is 6. The molecule has 8 rings (SSSR count). The highest BCUT2D eigenvalue weighted by Gasteiger charge is 2.46. The van der Waals surface area contributed by atoms with Gasteiger partial charge in [-0.15, -0.1) is 0 Å². The minimum atomic E-state index is -0.840. The zero-order chi connectivity index (χ0) is 54.6. The summed E-state index contributed by atoms with van der Waals surface area (Å²) in [5.41, 5.74) is 5.15. The second-order valence-electron chi connectivity index (χ2n) is 23.1. The van der Waals surface area contributed by atoms with Gasteiger partial charge in [0.05, 0.1) is 55.6 Å². The topological polar surface area (TPSA) is 223 Å². The molecule has 0 radical (unpaired) electrons. The van der Waals surface area contributed by atoms with Crippen molar-refractivity contribution in [3.05, 3.63) is 70.9 Å². The third kappa shape index (κ3) is 14.3. The molecule has 2 saturated heterocycles. The van der Waals surface area contributed by atoms with Crippen LogP contribution >= 0.6 is 0 Å². The van der Waals surface area contributed by atoms with Crippen molar-refractivity contribution in [1.82, 2.24) is 41.7 Å². The largest absolute Gasteiger partial charge is 0.493 e. The SMILES string of the molecule is C=C(N[C@@H]1CCCc2c(OCCCCCOc3cccc4c3CCC[C@H]4NC(=O)[C@@H]3C[C@H](O)CN3C(=O)[C@@H](NC(=O)[C@H](C)NC)C3CCCCC3)cccc21)[C@@H]1C[C@H](O)CN1C(=O)C(NC(=O)[C@H](C)NC)C1CCCCC1. The number of likely N-dealkylation sites (tertiary alicyclic amines) is 2. The van der Waals surface area contributed by atoms with Crippen LogP contribution < -0.4 is 41.4 Å². The van der Waals surface area contributed by atoms with E-state index in [0.29, 0.717) is 25.3 Å². The molecule has 2 saturated carbocycles. The predicted molar refractivity (Wildman–Crippen MR) is 296 cm³/mol. The number of β-amino-alcohol motifs (C(OH)–C–C–N with tert-alkyl or cyclic N) is 2. The number of fused-ring (bicyclic) bond motifs is 2. The Labute approximate surface area is 457 Å². The molecule has 0 bridgehead atoms. The minimum absolute atomic E-state index is 0.0245. The summed E-state index contributed by atoms with van der Waals surface area (Å²) in [4.78, 5) is 72.4. The summed E-state index contributed by atoms with van der Waals surface area (Å²) in [6, 6.07) is 8.40. The molecule has 10 atom stereocenters. The lowest BCUT2D eigenvalue weighted by molar-refractivity contribution is -0.143. The van der Waals surface area contributed by atoms with Crippen LogP contribution in [0.15, 0.2) is 48.7 Å². The Kier molecular flexibility index (Phi) is 20.7. The first-order valence-electron chi connectivity index (χ1n) is 29.4. The van der Waals surface area contributed by atoms with E-state index >= 15 is 0 Å². The molecule has 2 aromatic rings. The van der Waals surface area contributed by atoms with E-state index in [1.54, 1.807) is 32.8 Å². The summed E-state index contributed by atoms with van der Waals surface area (Å²) in [5.74, 6) is 0.551. The fraction of sp³-hybridized carbons (Fsp3) is 0.683. The molecular weight excluding hydrogens is 977 g/mol. The Morgan fingerprint density at radius 3 is 1.51 bits per heavy atom. The van der Waals surface area contributed by atoms with Gasteiger partial charge in [-0.1, -0.05) is 69.4 Å². The third-order valence-electron chi connectivity index (χ3n) is 17.8. The zero-order valence-electron chi connectivity index (χ0n) is 46.4. The predicted octanol–water partition coefficient (Wildman–Crippen LogP) is 5.56. The molecule has 1 unspecified atom stereocenters. The number of unbranched alkanes of at least 4 members (excludes halogenated alkanes) is 2. The van der Waals surface area contributed by atoms with Gasteiger partial charge in [-0.25, -0.2) is 0 Å². The van der Waals surface area contributed by atoms with Crippen LogP contribution in [0.2, 0.25) is 0 Å². The number of carbonyl (C=O) groups excluding carboxylic acids is 5. The standard InChI is InChI=1S/C60H90N8O9/c1-37(50-33-42(69)35-67(50)59(74)54(40-19-9-6-10-20-40)65-56(71)38(2)61-4)63-48-27-15-25-46-44(48)23-17-29-52(46)76-31-13-8-14-32-77-53-30-18-24-45-47(53)26-16-28-49(45)64-58(73)51-34-43(70)36-68(51)60(75)55(41-21-11-7-12-22-41)66-57(72)39(3)62-5/h17-18,23-24,29-30,38-43,48-51,54-55,61-63,69-70H,1,6-16,19-22,25-28,31-36H2,2-5H3,(H,64,73)(H,65,71)(H,66,72)/t38-,39-,42-,43-,48+,49+,50-,51-,54?,55-/m0/s1. The molecule has 77 heavy (non-hydrogen) atoms. The number of hydrogen-bond donors (Lipinski definition) is 8. The van der Waals surface area contributed by atoms with Gasteiger partial charge in [0.25, 0.3) is 0 Å². The maximum absolute atomic E-state index is 14.4. The maximum Gasteiger partial charge on any atom is 0.246 e. The van der Waals surface area contributed by atoms with Crippen molar-refractivity contribution in [2.45, 2.75) is 209 Å². The fourth-order valence-electron chi connectivity index (χ4n) is 13.1. The molecule has 0 aromatic heterocycles. The van der Waals surface area contributed by atoms with Crippen LogP contribution in [0.1, 0.15) is 170 Å². The number of aliphatic hydroxyl groups is 2. The van der Waals surface area contributed by atoms with Gasteiger partial charge in [0.1, 0.15) is 29.6 Å². The molecule has 0 spiro atoms. The van der Waals surface area contributed by atoms with Gasteiger partial charge in [-0.2, -0.15) is 0 Å². The summed E-state index contributed by atoms with van der Waals surface area (Å²) >= 11 is 0. The normalized spacial score (nSPS) is 25.3. The van der Waals surface area contributed by atoms with Gasteiger partial charge >= 0.3 is 0 Å². The van der Waals surface area contributed by atoms with Gasteiger partial charge in [0.2, 0.25) is 29.5 Å². The molecular formula is C60H90N8O9. The molecule has 2 aromatic carbocycles. The Morgan fingerprint density at radius 2 is 1.04 bits per heavy atom. The van der Waals surface area contributed by atoms with E-state index in [-0.39, 0.29) is 73.0 Å². The second kappa shape index (κ2) is 27.6. The second-order valence-corrected chi connectivity index (χ2v) is 23.1. The van der Waals surface area contributed by atoms with E-state index in [2.05, 4.69) is 44.5 Å². The Balaban J connectivity index is 0.814. The van der Waals surface area contributed by atoms with Crippen LogP contribution in [0.25, 0.3) is 0 Å². The van der Waals surface area contributed by atoms with Crippen molar-refractivity contribution in [2.75, 3.05) is 40.4 Å². The molecule has 2 aliphatic heterocycles. The van der Waals surface area contributed by atoms with Gasteiger partial charge in [-0.3, -0.25) is 24.0 Å². The van der Waals surface area contributed by atoms with Crippen LogP contribution in [-0.2, 0) is 36.8 Å². The van der Waals surface area contributed by atoms with Crippen LogP contribution in [0, 0.1) is 11.8 Å². The van der Waals surface area contributed by atoms with Crippen LogP contribution in [0.5, 0.6) is 11.5 Å². The molecule has 6 aliphatic rings. The van der Waals surface area contributed by atoms with Crippen molar-refractivity contribution in [1.29, 1.82) is 0 Å². The summed E-state index contributed by atoms with van der Waals surface area (Å²) in [6.07, 6.45) is 16.5. The number of likely N-dealkylation sites (N-methyl/N-ethyl adjacent to an activating group) is 2. The lowest BCUT2D eigenvalue weighted by Crippen LogP contribution is -2.58. The first-order chi connectivity index (χ1) is 37.3. The average molecular weight is 1070 g/mol. The average Bonchev–Trinajstić information content (AvgIpc) is 4.05. The number of carbonyl (C=O) groups is 5. The first-order valence-corrected chi connectivity index (χ1v) is 29.4. The van der Waals surface area contributed by atoms with Crippen molar-refractivity contribution >= 4 is 29.5 Å². The van der Waals surface area contributed by atoms with Crippen molar-refractivity contribution < 1.29 is 43.7 Å². The van der Waals surface area contributed by atoms with Crippen LogP contribution in [-0.4, -0.2) is 138 Å².